The van der Waals surface area contributed by atoms with Crippen LogP contribution < -0.4 is 15.4 Å². The summed E-state index contributed by atoms with van der Waals surface area (Å²) >= 11 is 0. The van der Waals surface area contributed by atoms with E-state index in [1.807, 2.05) is 25.2 Å². The van der Waals surface area contributed by atoms with Crippen LogP contribution in [0.4, 0.5) is 0 Å². The Labute approximate surface area is 133 Å². The van der Waals surface area contributed by atoms with Gasteiger partial charge in [-0.25, -0.2) is 0 Å². The van der Waals surface area contributed by atoms with E-state index in [1.165, 1.54) is 25.9 Å². The van der Waals surface area contributed by atoms with E-state index in [1.54, 1.807) is 7.11 Å². The monoisotopic (exact) mass is 304 g/mol. The number of aliphatic imine (C=N–C) groups is 1. The maximum atomic E-state index is 5.37. The van der Waals surface area contributed by atoms with Crippen molar-refractivity contribution in [2.24, 2.45) is 10.9 Å². The van der Waals surface area contributed by atoms with Crippen LogP contribution in [-0.4, -0.2) is 51.7 Å². The first-order valence-electron chi connectivity index (χ1n) is 7.98. The van der Waals surface area contributed by atoms with Crippen molar-refractivity contribution >= 4 is 5.96 Å². The highest BCUT2D eigenvalue weighted by molar-refractivity contribution is 5.79. The lowest BCUT2D eigenvalue weighted by molar-refractivity contribution is 0.220. The highest BCUT2D eigenvalue weighted by Gasteiger charge is 2.16. The highest BCUT2D eigenvalue weighted by Crippen LogP contribution is 2.17. The minimum Gasteiger partial charge on any atom is -0.496 e. The Morgan fingerprint density at radius 3 is 2.68 bits per heavy atom. The van der Waals surface area contributed by atoms with Crippen molar-refractivity contribution in [1.29, 1.82) is 0 Å². The summed E-state index contributed by atoms with van der Waals surface area (Å²) < 4.78 is 5.37. The predicted octanol–water partition coefficient (Wildman–Crippen LogP) is 1.70. The van der Waals surface area contributed by atoms with Crippen molar-refractivity contribution < 1.29 is 4.74 Å². The third kappa shape index (κ3) is 4.91. The molecule has 1 aliphatic heterocycles. The van der Waals surface area contributed by atoms with Crippen LogP contribution in [0.1, 0.15) is 18.4 Å². The molecule has 5 nitrogen and oxygen atoms in total. The molecule has 1 aromatic carbocycles. The number of hydrogen-bond donors (Lipinski definition) is 2. The topological polar surface area (TPSA) is 48.9 Å². The number of nitrogens with zero attached hydrogens (tertiary/aromatic N) is 2. The number of rotatable bonds is 5. The van der Waals surface area contributed by atoms with Crippen LogP contribution in [-0.2, 0) is 6.54 Å². The third-order valence-corrected chi connectivity index (χ3v) is 4.26. The molecule has 22 heavy (non-hydrogen) atoms. The summed E-state index contributed by atoms with van der Waals surface area (Å²) in [5.74, 6) is 2.49. The number of methoxy groups -OCH3 is 1. The average molecular weight is 304 g/mol. The number of guanidine groups is 1. The van der Waals surface area contributed by atoms with Crippen LogP contribution in [0.15, 0.2) is 29.3 Å². The van der Waals surface area contributed by atoms with Gasteiger partial charge in [0, 0.05) is 25.7 Å². The third-order valence-electron chi connectivity index (χ3n) is 4.26. The number of para-hydroxylation sites is 1. The van der Waals surface area contributed by atoms with Gasteiger partial charge in [0.1, 0.15) is 5.75 Å². The fraction of sp³-hybridized carbons (Fsp3) is 0.588. The van der Waals surface area contributed by atoms with Gasteiger partial charge in [-0.3, -0.25) is 4.99 Å². The smallest absolute Gasteiger partial charge is 0.191 e. The van der Waals surface area contributed by atoms with Crippen LogP contribution >= 0.6 is 0 Å². The summed E-state index contributed by atoms with van der Waals surface area (Å²) in [6.45, 7) is 4.08. The zero-order valence-electron chi connectivity index (χ0n) is 13.9. The fourth-order valence-electron chi connectivity index (χ4n) is 2.76. The molecule has 1 heterocycles. The van der Waals surface area contributed by atoms with Gasteiger partial charge in [-0.2, -0.15) is 0 Å². The Morgan fingerprint density at radius 1 is 1.27 bits per heavy atom. The van der Waals surface area contributed by atoms with E-state index in [4.69, 9.17) is 4.74 Å². The van der Waals surface area contributed by atoms with E-state index in [0.717, 1.165) is 29.7 Å². The lowest BCUT2D eigenvalue weighted by Gasteiger charge is -2.29. The van der Waals surface area contributed by atoms with Crippen LogP contribution in [0, 0.1) is 5.92 Å². The molecule has 0 amide bonds. The normalized spacial score (nSPS) is 17.3. The molecule has 1 fully saturated rings. The maximum absolute atomic E-state index is 5.37. The van der Waals surface area contributed by atoms with Crippen LogP contribution in [0.5, 0.6) is 5.75 Å². The number of piperidine rings is 1. The molecular weight excluding hydrogens is 276 g/mol. The van der Waals surface area contributed by atoms with Gasteiger partial charge in [0.2, 0.25) is 0 Å². The Kier molecular flexibility index (Phi) is 6.52. The lowest BCUT2D eigenvalue weighted by atomic mass is 9.97. The van der Waals surface area contributed by atoms with E-state index >= 15 is 0 Å². The molecular formula is C17H28N4O. The molecule has 0 atom stereocenters. The van der Waals surface area contributed by atoms with Crippen molar-refractivity contribution in [1.82, 2.24) is 15.5 Å². The molecule has 1 saturated heterocycles. The molecule has 5 heteroatoms. The summed E-state index contributed by atoms with van der Waals surface area (Å²) in [7, 11) is 5.70. The predicted molar refractivity (Wildman–Crippen MR) is 91.4 cm³/mol. The van der Waals surface area contributed by atoms with E-state index in [9.17, 15) is 0 Å². The molecule has 0 radical (unpaired) electrons. The first kappa shape index (κ1) is 16.6. The zero-order valence-corrected chi connectivity index (χ0v) is 13.9. The van der Waals surface area contributed by atoms with Gasteiger partial charge < -0.3 is 20.3 Å². The van der Waals surface area contributed by atoms with Crippen molar-refractivity contribution in [3.05, 3.63) is 29.8 Å². The minimum atomic E-state index is 0.705. The van der Waals surface area contributed by atoms with Gasteiger partial charge >= 0.3 is 0 Å². The molecule has 2 N–H and O–H groups in total. The van der Waals surface area contributed by atoms with Gasteiger partial charge in [-0.1, -0.05) is 18.2 Å². The highest BCUT2D eigenvalue weighted by atomic mass is 16.5. The largest absolute Gasteiger partial charge is 0.496 e. The molecule has 0 bridgehead atoms. The Hall–Kier alpha value is -1.75. The standard InChI is InChI=1S/C17H28N4O/c1-18-17(19-12-14-8-10-21(2)11-9-14)20-13-15-6-4-5-7-16(15)22-3/h4-7,14H,8-13H2,1-3H3,(H2,18,19,20). The summed E-state index contributed by atoms with van der Waals surface area (Å²) in [6.07, 6.45) is 2.51. The molecule has 122 valence electrons. The number of hydrogen-bond acceptors (Lipinski definition) is 3. The molecule has 1 aromatic rings. The Balaban J connectivity index is 1.78. The van der Waals surface area contributed by atoms with Gasteiger partial charge in [0.15, 0.2) is 5.96 Å². The summed E-state index contributed by atoms with van der Waals surface area (Å²) in [4.78, 5) is 6.70. The first-order chi connectivity index (χ1) is 10.7. The Bertz CT molecular complexity index is 481. The van der Waals surface area contributed by atoms with Crippen LogP contribution in [0.2, 0.25) is 0 Å². The van der Waals surface area contributed by atoms with Gasteiger partial charge in [-0.15, -0.1) is 0 Å². The van der Waals surface area contributed by atoms with E-state index in [-0.39, 0.29) is 0 Å². The SMILES string of the molecule is CN=C(NCc1ccccc1OC)NCC1CCN(C)CC1. The van der Waals surface area contributed by atoms with Crippen molar-refractivity contribution in [2.75, 3.05) is 40.8 Å². The van der Waals surface area contributed by atoms with Gasteiger partial charge in [0.25, 0.3) is 0 Å². The first-order valence-corrected chi connectivity index (χ1v) is 7.98. The quantitative estimate of drug-likeness (QED) is 0.642. The van der Waals surface area contributed by atoms with E-state index in [2.05, 4.69) is 33.6 Å². The molecule has 2 rings (SSSR count). The van der Waals surface area contributed by atoms with Crippen molar-refractivity contribution in [3.8, 4) is 5.75 Å². The Morgan fingerprint density at radius 2 is 2.00 bits per heavy atom. The average Bonchev–Trinajstić information content (AvgIpc) is 2.57. The number of ether oxygens (including phenoxy) is 1. The number of likely N-dealkylation sites (tertiary alicyclic amines) is 1. The van der Waals surface area contributed by atoms with Crippen molar-refractivity contribution in [3.63, 3.8) is 0 Å². The maximum Gasteiger partial charge on any atom is 0.191 e. The van der Waals surface area contributed by atoms with Gasteiger partial charge in [0.05, 0.1) is 7.11 Å². The lowest BCUT2D eigenvalue weighted by Crippen LogP contribution is -2.42. The fourth-order valence-corrected chi connectivity index (χ4v) is 2.76. The zero-order chi connectivity index (χ0) is 15.8. The molecule has 0 aliphatic carbocycles. The second-order valence-corrected chi connectivity index (χ2v) is 5.87. The molecule has 0 spiro atoms. The molecule has 1 aliphatic rings. The summed E-state index contributed by atoms with van der Waals surface area (Å²) in [5.41, 5.74) is 1.13. The van der Waals surface area contributed by atoms with Crippen molar-refractivity contribution in [2.45, 2.75) is 19.4 Å². The van der Waals surface area contributed by atoms with E-state index < -0.39 is 0 Å². The molecule has 0 aromatic heterocycles. The van der Waals surface area contributed by atoms with Crippen LogP contribution in [0.25, 0.3) is 0 Å². The number of nitrogens with one attached hydrogen (secondary N) is 2. The summed E-state index contributed by atoms with van der Waals surface area (Å²) in [6, 6.07) is 8.05. The van der Waals surface area contributed by atoms with Crippen LogP contribution in [0.3, 0.4) is 0 Å². The molecule has 0 saturated carbocycles. The minimum absolute atomic E-state index is 0.705. The second-order valence-electron chi connectivity index (χ2n) is 5.87. The van der Waals surface area contributed by atoms with E-state index in [0.29, 0.717) is 6.54 Å². The van der Waals surface area contributed by atoms with Gasteiger partial charge in [-0.05, 0) is 45.0 Å². The number of benzene rings is 1. The molecule has 0 unspecified atom stereocenters. The summed E-state index contributed by atoms with van der Waals surface area (Å²) in [5, 5.41) is 6.80. The second kappa shape index (κ2) is 8.63.